The summed E-state index contributed by atoms with van der Waals surface area (Å²) in [6.07, 6.45) is 4.94. The van der Waals surface area contributed by atoms with Crippen molar-refractivity contribution in [2.24, 2.45) is 0 Å². The number of hydrogen-bond donors (Lipinski definition) is 0. The smallest absolute Gasteiger partial charge is 0.133 e. The van der Waals surface area contributed by atoms with E-state index in [1.54, 1.807) is 12.1 Å². The largest absolute Gasteiger partial charge is 0.361 e. The molecule has 1 unspecified atom stereocenters. The van der Waals surface area contributed by atoms with Gasteiger partial charge in [-0.2, -0.15) is 5.26 Å². The summed E-state index contributed by atoms with van der Waals surface area (Å²) in [6.45, 7) is 1.36. The van der Waals surface area contributed by atoms with Crippen molar-refractivity contribution in [2.75, 3.05) is 13.6 Å². The number of Topliss-reactive ketones (excluding diaryl/α,β-unsaturated/α-hetero) is 1. The average molecular weight is 407 g/mol. The van der Waals surface area contributed by atoms with Gasteiger partial charge in [-0.05, 0) is 80.2 Å². The van der Waals surface area contributed by atoms with Crippen molar-refractivity contribution < 1.29 is 13.9 Å². The Morgan fingerprint density at radius 2 is 1.93 bits per heavy atom. The van der Waals surface area contributed by atoms with Gasteiger partial charge in [0.2, 0.25) is 0 Å². The molecule has 5 heteroatoms. The predicted molar refractivity (Wildman–Crippen MR) is 112 cm³/mol. The fraction of sp³-hybridized carbons (Fsp3) is 0.440. The van der Waals surface area contributed by atoms with Crippen LogP contribution in [-0.4, -0.2) is 30.3 Å². The molecule has 2 aromatic rings. The van der Waals surface area contributed by atoms with Crippen LogP contribution in [0.15, 0.2) is 42.5 Å². The van der Waals surface area contributed by atoms with E-state index in [0.29, 0.717) is 36.8 Å². The number of benzene rings is 2. The summed E-state index contributed by atoms with van der Waals surface area (Å²) in [6, 6.07) is 14.9. The minimum absolute atomic E-state index is 0.265. The molecule has 156 valence electrons. The third-order valence-corrected chi connectivity index (χ3v) is 6.63. The SMILES string of the molecule is CN(CCCC1(c2ccc(F)cc2)OCc2cc(C#N)ccc21)C1CCC(=O)CC1. The Morgan fingerprint density at radius 3 is 2.63 bits per heavy atom. The van der Waals surface area contributed by atoms with Crippen LogP contribution in [0.5, 0.6) is 0 Å². The van der Waals surface area contributed by atoms with E-state index in [1.165, 1.54) is 12.1 Å². The number of hydrogen-bond acceptors (Lipinski definition) is 4. The quantitative estimate of drug-likeness (QED) is 0.698. The molecule has 1 saturated carbocycles. The van der Waals surface area contributed by atoms with Gasteiger partial charge in [0.25, 0.3) is 0 Å². The van der Waals surface area contributed by atoms with Crippen molar-refractivity contribution in [3.8, 4) is 6.07 Å². The van der Waals surface area contributed by atoms with E-state index in [4.69, 9.17) is 4.74 Å². The topological polar surface area (TPSA) is 53.3 Å². The molecule has 0 bridgehead atoms. The second kappa shape index (κ2) is 8.67. The first-order valence-corrected chi connectivity index (χ1v) is 10.7. The fourth-order valence-corrected chi connectivity index (χ4v) is 4.89. The zero-order valence-electron chi connectivity index (χ0n) is 17.4. The number of ketones is 1. The molecule has 1 atom stereocenters. The molecule has 0 spiro atoms. The molecule has 0 amide bonds. The van der Waals surface area contributed by atoms with E-state index in [1.807, 2.05) is 18.2 Å². The van der Waals surface area contributed by atoms with Gasteiger partial charge in [0.1, 0.15) is 17.2 Å². The monoisotopic (exact) mass is 406 g/mol. The highest BCUT2D eigenvalue weighted by Gasteiger charge is 2.41. The summed E-state index contributed by atoms with van der Waals surface area (Å²) in [7, 11) is 2.13. The molecule has 0 aromatic heterocycles. The molecule has 1 aliphatic carbocycles. The first kappa shape index (κ1) is 20.7. The Hall–Kier alpha value is -2.55. The third kappa shape index (κ3) is 4.03. The summed E-state index contributed by atoms with van der Waals surface area (Å²) in [4.78, 5) is 13.9. The van der Waals surface area contributed by atoms with E-state index >= 15 is 0 Å². The Labute approximate surface area is 177 Å². The van der Waals surface area contributed by atoms with Crippen LogP contribution in [0, 0.1) is 17.1 Å². The summed E-state index contributed by atoms with van der Waals surface area (Å²) in [5.41, 5.74) is 3.04. The van der Waals surface area contributed by atoms with Crippen LogP contribution < -0.4 is 0 Å². The van der Waals surface area contributed by atoms with Crippen molar-refractivity contribution in [1.29, 1.82) is 5.26 Å². The third-order valence-electron chi connectivity index (χ3n) is 6.63. The van der Waals surface area contributed by atoms with E-state index < -0.39 is 5.60 Å². The van der Waals surface area contributed by atoms with E-state index in [0.717, 1.165) is 48.9 Å². The van der Waals surface area contributed by atoms with Crippen molar-refractivity contribution in [3.05, 3.63) is 70.5 Å². The second-order valence-corrected chi connectivity index (χ2v) is 8.46. The predicted octanol–water partition coefficient (Wildman–Crippen LogP) is 4.69. The van der Waals surface area contributed by atoms with Crippen LogP contribution in [0.2, 0.25) is 0 Å². The Bertz CT molecular complexity index is 956. The van der Waals surface area contributed by atoms with Gasteiger partial charge in [0, 0.05) is 18.9 Å². The minimum atomic E-state index is -0.625. The van der Waals surface area contributed by atoms with Crippen molar-refractivity contribution in [1.82, 2.24) is 4.90 Å². The molecule has 4 rings (SSSR count). The van der Waals surface area contributed by atoms with E-state index in [-0.39, 0.29) is 5.82 Å². The van der Waals surface area contributed by atoms with Crippen LogP contribution >= 0.6 is 0 Å². The molecule has 0 N–H and O–H groups in total. The molecule has 0 radical (unpaired) electrons. The number of ether oxygens (including phenoxy) is 1. The van der Waals surface area contributed by atoms with Crippen molar-refractivity contribution >= 4 is 5.78 Å². The van der Waals surface area contributed by atoms with Crippen LogP contribution in [0.3, 0.4) is 0 Å². The Morgan fingerprint density at radius 1 is 1.20 bits per heavy atom. The standard InChI is InChI=1S/C25H27FN2O2/c1-28(22-8-10-23(29)11-9-22)14-2-13-25(20-4-6-21(26)7-5-20)24-12-3-18(16-27)15-19(24)17-30-25/h3-7,12,15,22H,2,8-11,13-14,17H2,1H3. The number of rotatable bonds is 6. The van der Waals surface area contributed by atoms with Gasteiger partial charge in [0.05, 0.1) is 18.2 Å². The number of fused-ring (bicyclic) bond motifs is 1. The molecular formula is C25H27FN2O2. The zero-order chi connectivity index (χ0) is 21.1. The summed E-state index contributed by atoms with van der Waals surface area (Å²) in [5.74, 6) is 0.112. The van der Waals surface area contributed by atoms with Gasteiger partial charge in [-0.1, -0.05) is 18.2 Å². The fourth-order valence-electron chi connectivity index (χ4n) is 4.89. The Kier molecular flexibility index (Phi) is 5.99. The maximum absolute atomic E-state index is 13.6. The van der Waals surface area contributed by atoms with Gasteiger partial charge in [-0.3, -0.25) is 4.79 Å². The second-order valence-electron chi connectivity index (χ2n) is 8.46. The van der Waals surface area contributed by atoms with Crippen LogP contribution in [0.25, 0.3) is 0 Å². The summed E-state index contributed by atoms with van der Waals surface area (Å²) >= 11 is 0. The molecule has 4 nitrogen and oxygen atoms in total. The first-order valence-electron chi connectivity index (χ1n) is 10.7. The van der Waals surface area contributed by atoms with Crippen LogP contribution in [-0.2, 0) is 21.7 Å². The highest BCUT2D eigenvalue weighted by atomic mass is 19.1. The summed E-state index contributed by atoms with van der Waals surface area (Å²) in [5, 5.41) is 9.23. The minimum Gasteiger partial charge on any atom is -0.361 e. The van der Waals surface area contributed by atoms with Crippen molar-refractivity contribution in [3.63, 3.8) is 0 Å². The van der Waals surface area contributed by atoms with Gasteiger partial charge < -0.3 is 9.64 Å². The van der Waals surface area contributed by atoms with Gasteiger partial charge in [-0.15, -0.1) is 0 Å². The Balaban J connectivity index is 1.54. The van der Waals surface area contributed by atoms with Crippen LogP contribution in [0.1, 0.15) is 60.8 Å². The molecule has 2 aliphatic rings. The molecule has 0 saturated heterocycles. The summed E-state index contributed by atoms with van der Waals surface area (Å²) < 4.78 is 20.0. The number of carbonyl (C=O) groups is 1. The van der Waals surface area contributed by atoms with Gasteiger partial charge in [-0.25, -0.2) is 4.39 Å². The maximum Gasteiger partial charge on any atom is 0.133 e. The first-order chi connectivity index (χ1) is 14.5. The molecule has 2 aromatic carbocycles. The van der Waals surface area contributed by atoms with Crippen LogP contribution in [0.4, 0.5) is 4.39 Å². The normalized spacial score (nSPS) is 21.6. The average Bonchev–Trinajstić information content (AvgIpc) is 3.13. The van der Waals surface area contributed by atoms with Gasteiger partial charge >= 0.3 is 0 Å². The highest BCUT2D eigenvalue weighted by Crippen LogP contribution is 2.45. The lowest BCUT2D eigenvalue weighted by molar-refractivity contribution is -0.121. The lowest BCUT2D eigenvalue weighted by Gasteiger charge is -2.34. The van der Waals surface area contributed by atoms with Crippen molar-refractivity contribution in [2.45, 2.75) is 56.8 Å². The number of halogens is 1. The van der Waals surface area contributed by atoms with E-state index in [2.05, 4.69) is 18.0 Å². The lowest BCUT2D eigenvalue weighted by Crippen LogP contribution is -2.37. The zero-order valence-corrected chi connectivity index (χ0v) is 17.4. The highest BCUT2D eigenvalue weighted by molar-refractivity contribution is 5.79. The molecule has 30 heavy (non-hydrogen) atoms. The number of nitriles is 1. The lowest BCUT2D eigenvalue weighted by atomic mass is 9.81. The van der Waals surface area contributed by atoms with Gasteiger partial charge in [0.15, 0.2) is 0 Å². The molecular weight excluding hydrogens is 379 g/mol. The molecule has 1 heterocycles. The van der Waals surface area contributed by atoms with E-state index in [9.17, 15) is 14.4 Å². The number of carbonyl (C=O) groups excluding carboxylic acids is 1. The number of nitrogens with zero attached hydrogens (tertiary/aromatic N) is 2. The molecule has 1 aliphatic heterocycles. The molecule has 1 fully saturated rings. The maximum atomic E-state index is 13.6.